The van der Waals surface area contributed by atoms with Gasteiger partial charge in [-0.2, -0.15) is 0 Å². The predicted molar refractivity (Wildman–Crippen MR) is 87.1 cm³/mol. The van der Waals surface area contributed by atoms with E-state index in [2.05, 4.69) is 44.5 Å². The van der Waals surface area contributed by atoms with Crippen LogP contribution < -0.4 is 0 Å². The van der Waals surface area contributed by atoms with Gasteiger partial charge in [-0.3, -0.25) is 4.90 Å². The van der Waals surface area contributed by atoms with Crippen LogP contribution in [0.15, 0.2) is 33.2 Å². The summed E-state index contributed by atoms with van der Waals surface area (Å²) in [5.41, 5.74) is 4.76. The molecule has 0 bridgehead atoms. The van der Waals surface area contributed by atoms with E-state index in [1.54, 1.807) is 0 Å². The first-order valence-corrected chi connectivity index (χ1v) is 8.14. The van der Waals surface area contributed by atoms with E-state index in [-0.39, 0.29) is 6.04 Å². The first kappa shape index (κ1) is 15.1. The Kier molecular flexibility index (Phi) is 3.69. The molecule has 3 heterocycles. The average molecular weight is 324 g/mol. The molecule has 1 aliphatic rings. The van der Waals surface area contributed by atoms with Crippen LogP contribution in [0.1, 0.15) is 46.0 Å². The highest BCUT2D eigenvalue weighted by molar-refractivity contribution is 5.31. The van der Waals surface area contributed by atoms with Crippen LogP contribution in [0.2, 0.25) is 0 Å². The highest BCUT2D eigenvalue weighted by atomic mass is 16.5. The Morgan fingerprint density at radius 3 is 2.58 bits per heavy atom. The van der Waals surface area contributed by atoms with Gasteiger partial charge in [0.25, 0.3) is 0 Å². The van der Waals surface area contributed by atoms with E-state index >= 15 is 0 Å². The minimum Gasteiger partial charge on any atom is -0.424 e. The molecule has 4 rings (SSSR count). The molecule has 2 aromatic heterocycles. The molecule has 6 heteroatoms. The van der Waals surface area contributed by atoms with E-state index in [9.17, 15) is 0 Å². The van der Waals surface area contributed by atoms with Gasteiger partial charge in [-0.1, -0.05) is 29.4 Å². The summed E-state index contributed by atoms with van der Waals surface area (Å²) in [6, 6.07) is 8.60. The SMILES string of the molecule is Cc1nnc([C@@H]2Cc3ccccc3CN2Cc2c(C)noc2C)o1. The van der Waals surface area contributed by atoms with E-state index in [4.69, 9.17) is 8.94 Å². The molecule has 0 fully saturated rings. The lowest BCUT2D eigenvalue weighted by Crippen LogP contribution is -2.34. The minimum absolute atomic E-state index is 0.0646. The van der Waals surface area contributed by atoms with Crippen molar-refractivity contribution in [2.45, 2.75) is 46.3 Å². The van der Waals surface area contributed by atoms with Crippen molar-refractivity contribution in [1.82, 2.24) is 20.3 Å². The average Bonchev–Trinajstić information content (AvgIpc) is 3.15. The third-order valence-corrected chi connectivity index (χ3v) is 4.71. The summed E-state index contributed by atoms with van der Waals surface area (Å²) in [6.07, 6.45) is 0.862. The maximum atomic E-state index is 5.74. The van der Waals surface area contributed by atoms with Crippen molar-refractivity contribution in [3.63, 3.8) is 0 Å². The van der Waals surface area contributed by atoms with Gasteiger partial charge in [0.05, 0.1) is 11.7 Å². The lowest BCUT2D eigenvalue weighted by Gasteiger charge is -2.34. The number of hydrogen-bond donors (Lipinski definition) is 0. The lowest BCUT2D eigenvalue weighted by molar-refractivity contribution is 0.136. The summed E-state index contributed by atoms with van der Waals surface area (Å²) in [7, 11) is 0. The summed E-state index contributed by atoms with van der Waals surface area (Å²) in [4.78, 5) is 2.36. The van der Waals surface area contributed by atoms with Gasteiger partial charge in [-0.05, 0) is 31.4 Å². The molecular formula is C18H20N4O2. The number of fused-ring (bicyclic) bond motifs is 1. The van der Waals surface area contributed by atoms with Crippen molar-refractivity contribution in [3.05, 3.63) is 64.2 Å². The topological polar surface area (TPSA) is 68.2 Å². The molecule has 124 valence electrons. The van der Waals surface area contributed by atoms with Crippen LogP contribution in [-0.2, 0) is 19.5 Å². The van der Waals surface area contributed by atoms with Crippen molar-refractivity contribution in [2.75, 3.05) is 0 Å². The molecule has 0 saturated carbocycles. The van der Waals surface area contributed by atoms with E-state index < -0.39 is 0 Å². The maximum Gasteiger partial charge on any atom is 0.233 e. The smallest absolute Gasteiger partial charge is 0.233 e. The van der Waals surface area contributed by atoms with Crippen LogP contribution in [0.5, 0.6) is 0 Å². The highest BCUT2D eigenvalue weighted by Crippen LogP contribution is 2.34. The lowest BCUT2D eigenvalue weighted by atomic mass is 9.93. The zero-order valence-corrected chi connectivity index (χ0v) is 14.1. The first-order chi connectivity index (χ1) is 11.6. The molecule has 0 amide bonds. The largest absolute Gasteiger partial charge is 0.424 e. The first-order valence-electron chi connectivity index (χ1n) is 8.14. The Balaban J connectivity index is 1.71. The standard InChI is InChI=1S/C18H20N4O2/c1-11-16(12(2)24-21-11)10-22-9-15-7-5-4-6-14(15)8-17(22)18-20-19-13(3)23-18/h4-7,17H,8-10H2,1-3H3/t17-/m0/s1. The molecule has 24 heavy (non-hydrogen) atoms. The molecule has 1 atom stereocenters. The molecule has 1 aromatic carbocycles. The van der Waals surface area contributed by atoms with Crippen LogP contribution >= 0.6 is 0 Å². The zero-order valence-electron chi connectivity index (χ0n) is 14.1. The molecule has 0 radical (unpaired) electrons. The van der Waals surface area contributed by atoms with Gasteiger partial charge in [-0.15, -0.1) is 10.2 Å². The fourth-order valence-electron chi connectivity index (χ4n) is 3.36. The molecule has 3 aromatic rings. The maximum absolute atomic E-state index is 5.74. The molecule has 0 N–H and O–H groups in total. The van der Waals surface area contributed by atoms with Crippen LogP contribution in [-0.4, -0.2) is 20.3 Å². The Hall–Kier alpha value is -2.47. The second-order valence-corrected chi connectivity index (χ2v) is 6.36. The second kappa shape index (κ2) is 5.87. The van der Waals surface area contributed by atoms with Crippen LogP contribution in [0.25, 0.3) is 0 Å². The normalized spacial score (nSPS) is 17.9. The van der Waals surface area contributed by atoms with Gasteiger partial charge in [0.15, 0.2) is 0 Å². The highest BCUT2D eigenvalue weighted by Gasteiger charge is 2.32. The Bertz CT molecular complexity index is 848. The summed E-state index contributed by atoms with van der Waals surface area (Å²) in [6.45, 7) is 7.36. The molecule has 0 unspecified atom stereocenters. The number of benzene rings is 1. The summed E-state index contributed by atoms with van der Waals surface area (Å²) in [5, 5.41) is 12.4. The zero-order chi connectivity index (χ0) is 16.7. The van der Waals surface area contributed by atoms with Crippen molar-refractivity contribution >= 4 is 0 Å². The van der Waals surface area contributed by atoms with Gasteiger partial charge in [0.2, 0.25) is 11.8 Å². The van der Waals surface area contributed by atoms with Crippen LogP contribution in [0.4, 0.5) is 0 Å². The van der Waals surface area contributed by atoms with E-state index in [0.717, 1.165) is 36.5 Å². The summed E-state index contributed by atoms with van der Waals surface area (Å²) >= 11 is 0. The molecule has 0 spiro atoms. The Labute approximate surface area is 140 Å². The fourth-order valence-corrected chi connectivity index (χ4v) is 3.36. The number of nitrogens with zero attached hydrogens (tertiary/aromatic N) is 4. The van der Waals surface area contributed by atoms with Crippen molar-refractivity contribution in [3.8, 4) is 0 Å². The number of hydrogen-bond acceptors (Lipinski definition) is 6. The predicted octanol–water partition coefficient (Wildman–Crippen LogP) is 3.28. The quantitative estimate of drug-likeness (QED) is 0.736. The minimum atomic E-state index is 0.0646. The summed E-state index contributed by atoms with van der Waals surface area (Å²) in [5.74, 6) is 2.14. The Morgan fingerprint density at radius 1 is 1.12 bits per heavy atom. The molecule has 1 aliphatic heterocycles. The van der Waals surface area contributed by atoms with Gasteiger partial charge in [0.1, 0.15) is 5.76 Å². The molecular weight excluding hydrogens is 304 g/mol. The van der Waals surface area contributed by atoms with Gasteiger partial charge >= 0.3 is 0 Å². The second-order valence-electron chi connectivity index (χ2n) is 6.36. The molecule has 0 saturated heterocycles. The third-order valence-electron chi connectivity index (χ3n) is 4.71. The van der Waals surface area contributed by atoms with Crippen LogP contribution in [0, 0.1) is 20.8 Å². The van der Waals surface area contributed by atoms with Gasteiger partial charge < -0.3 is 8.94 Å². The fraction of sp³-hybridized carbons (Fsp3) is 0.389. The van der Waals surface area contributed by atoms with Gasteiger partial charge in [-0.25, -0.2) is 0 Å². The molecule has 0 aliphatic carbocycles. The van der Waals surface area contributed by atoms with Crippen molar-refractivity contribution in [1.29, 1.82) is 0 Å². The number of rotatable bonds is 3. The van der Waals surface area contributed by atoms with Crippen molar-refractivity contribution < 1.29 is 8.94 Å². The van der Waals surface area contributed by atoms with Crippen LogP contribution in [0.3, 0.4) is 0 Å². The third kappa shape index (κ3) is 2.63. The number of aryl methyl sites for hydroxylation is 3. The monoisotopic (exact) mass is 324 g/mol. The summed E-state index contributed by atoms with van der Waals surface area (Å²) < 4.78 is 11.1. The Morgan fingerprint density at radius 2 is 1.92 bits per heavy atom. The van der Waals surface area contributed by atoms with Crippen molar-refractivity contribution in [2.24, 2.45) is 0 Å². The van der Waals surface area contributed by atoms with E-state index in [1.165, 1.54) is 11.1 Å². The number of aromatic nitrogens is 3. The van der Waals surface area contributed by atoms with E-state index in [1.807, 2.05) is 20.8 Å². The van der Waals surface area contributed by atoms with Gasteiger partial charge in [0, 0.05) is 25.6 Å². The molecule has 6 nitrogen and oxygen atoms in total. The van der Waals surface area contributed by atoms with E-state index in [0.29, 0.717) is 11.8 Å².